The van der Waals surface area contributed by atoms with Crippen molar-refractivity contribution in [3.05, 3.63) is 71.4 Å². The molecule has 0 saturated carbocycles. The van der Waals surface area contributed by atoms with Crippen LogP contribution in [0.15, 0.2) is 49.1 Å². The standard InChI is InChI=1S/C25H25F3N6O/c1-15(2)22-20(14-32-34(22)21-6-5-17(12-30-21)25(26,27)28)24(35)33-10-7-16(8-11-33)19-13-31-23-18(19)4-3-9-29-23/h3-6,9,12-16H,7-8,10-11H2,1-2H3,(H,29,31). The molecule has 1 N–H and O–H groups in total. The topological polar surface area (TPSA) is 79.7 Å². The highest BCUT2D eigenvalue weighted by Crippen LogP contribution is 2.34. The van der Waals surface area contributed by atoms with Crippen molar-refractivity contribution < 1.29 is 18.0 Å². The fraction of sp³-hybridized carbons (Fsp3) is 0.360. The second-order valence-corrected chi connectivity index (χ2v) is 9.12. The van der Waals surface area contributed by atoms with Gasteiger partial charge in [0.05, 0.1) is 23.0 Å². The number of aromatic amines is 1. The summed E-state index contributed by atoms with van der Waals surface area (Å²) >= 11 is 0. The van der Waals surface area contributed by atoms with Crippen LogP contribution in [0.5, 0.6) is 0 Å². The molecule has 4 aromatic heterocycles. The maximum Gasteiger partial charge on any atom is 0.417 e. The van der Waals surface area contributed by atoms with Crippen LogP contribution in [0.25, 0.3) is 16.9 Å². The fourth-order valence-electron chi connectivity index (χ4n) is 4.82. The molecule has 1 fully saturated rings. The molecule has 0 atom stereocenters. The molecule has 5 heterocycles. The maximum atomic E-state index is 13.4. The SMILES string of the molecule is CC(C)c1c(C(=O)N2CCC(c3c[nH]c4ncccc34)CC2)cnn1-c1ccc(C(F)(F)F)cn1. The van der Waals surface area contributed by atoms with Crippen molar-refractivity contribution in [3.8, 4) is 5.82 Å². The molecule has 1 amide bonds. The van der Waals surface area contributed by atoms with Crippen LogP contribution in [0.2, 0.25) is 0 Å². The Morgan fingerprint density at radius 1 is 1.11 bits per heavy atom. The number of fused-ring (bicyclic) bond motifs is 1. The van der Waals surface area contributed by atoms with Crippen LogP contribution in [0, 0.1) is 0 Å². The van der Waals surface area contributed by atoms with Crippen molar-refractivity contribution in [2.45, 2.75) is 44.7 Å². The van der Waals surface area contributed by atoms with Crippen molar-refractivity contribution in [1.82, 2.24) is 29.6 Å². The highest BCUT2D eigenvalue weighted by molar-refractivity contribution is 5.95. The van der Waals surface area contributed by atoms with E-state index in [1.807, 2.05) is 31.0 Å². The number of rotatable bonds is 4. The number of hydrogen-bond acceptors (Lipinski definition) is 4. The lowest BCUT2D eigenvalue weighted by molar-refractivity contribution is -0.137. The van der Waals surface area contributed by atoms with Gasteiger partial charge in [-0.05, 0) is 54.5 Å². The third kappa shape index (κ3) is 4.28. The minimum absolute atomic E-state index is 0.0863. The van der Waals surface area contributed by atoms with Crippen LogP contribution in [0.1, 0.15) is 65.7 Å². The quantitative estimate of drug-likeness (QED) is 0.428. The van der Waals surface area contributed by atoms with E-state index < -0.39 is 11.7 Å². The van der Waals surface area contributed by atoms with Crippen molar-refractivity contribution in [1.29, 1.82) is 0 Å². The summed E-state index contributed by atoms with van der Waals surface area (Å²) in [6.07, 6.45) is 3.25. The number of amides is 1. The molecule has 4 aromatic rings. The molecule has 0 aromatic carbocycles. The average Bonchev–Trinajstić information content (AvgIpc) is 3.48. The number of hydrogen-bond donors (Lipinski definition) is 1. The number of H-pyrrole nitrogens is 1. The second kappa shape index (κ2) is 8.83. The van der Waals surface area contributed by atoms with Crippen molar-refractivity contribution in [2.24, 2.45) is 0 Å². The first-order valence-corrected chi connectivity index (χ1v) is 11.6. The zero-order chi connectivity index (χ0) is 24.7. The number of carbonyl (C=O) groups is 1. The predicted molar refractivity (Wildman–Crippen MR) is 124 cm³/mol. The Labute approximate surface area is 200 Å². The van der Waals surface area contributed by atoms with E-state index in [-0.39, 0.29) is 17.6 Å². The molecule has 1 aliphatic rings. The Bertz CT molecular complexity index is 1350. The number of aromatic nitrogens is 5. The normalized spacial score (nSPS) is 15.3. The maximum absolute atomic E-state index is 13.4. The van der Waals surface area contributed by atoms with E-state index in [0.29, 0.717) is 30.3 Å². The minimum atomic E-state index is -4.47. The number of nitrogens with zero attached hydrogens (tertiary/aromatic N) is 5. The van der Waals surface area contributed by atoms with Crippen molar-refractivity contribution in [3.63, 3.8) is 0 Å². The van der Waals surface area contributed by atoms with E-state index in [1.54, 1.807) is 6.20 Å². The molecule has 35 heavy (non-hydrogen) atoms. The molecule has 0 aliphatic carbocycles. The van der Waals surface area contributed by atoms with E-state index in [9.17, 15) is 18.0 Å². The summed E-state index contributed by atoms with van der Waals surface area (Å²) in [7, 11) is 0. The number of piperidine rings is 1. The third-order valence-electron chi connectivity index (χ3n) is 6.58. The van der Waals surface area contributed by atoms with Gasteiger partial charge in [-0.3, -0.25) is 4.79 Å². The van der Waals surface area contributed by atoms with E-state index >= 15 is 0 Å². The fourth-order valence-corrected chi connectivity index (χ4v) is 4.82. The number of alkyl halides is 3. The third-order valence-corrected chi connectivity index (χ3v) is 6.58. The van der Waals surface area contributed by atoms with E-state index in [2.05, 4.69) is 26.1 Å². The molecule has 0 unspecified atom stereocenters. The van der Waals surface area contributed by atoms with E-state index in [1.165, 1.54) is 22.5 Å². The van der Waals surface area contributed by atoms with Gasteiger partial charge in [0.1, 0.15) is 5.65 Å². The summed E-state index contributed by atoms with van der Waals surface area (Å²) in [5.41, 5.74) is 2.35. The Morgan fingerprint density at radius 2 is 1.89 bits per heavy atom. The summed E-state index contributed by atoms with van der Waals surface area (Å²) in [6, 6.07) is 6.23. The van der Waals surface area contributed by atoms with Crippen molar-refractivity contribution in [2.75, 3.05) is 13.1 Å². The summed E-state index contributed by atoms with van der Waals surface area (Å²) in [4.78, 5) is 26.8. The van der Waals surface area contributed by atoms with Gasteiger partial charge in [0.15, 0.2) is 5.82 Å². The second-order valence-electron chi connectivity index (χ2n) is 9.12. The lowest BCUT2D eigenvalue weighted by atomic mass is 9.89. The molecule has 5 rings (SSSR count). The van der Waals surface area contributed by atoms with Crippen LogP contribution < -0.4 is 0 Å². The van der Waals surface area contributed by atoms with Gasteiger partial charge in [-0.2, -0.15) is 18.3 Å². The number of likely N-dealkylation sites (tertiary alicyclic amines) is 1. The molecular formula is C25H25F3N6O. The summed E-state index contributed by atoms with van der Waals surface area (Å²) in [6.45, 7) is 5.06. The smallest absolute Gasteiger partial charge is 0.346 e. The molecule has 0 bridgehead atoms. The molecule has 0 spiro atoms. The number of pyridine rings is 2. The first-order valence-electron chi connectivity index (χ1n) is 11.6. The molecule has 10 heteroatoms. The van der Waals surface area contributed by atoms with E-state index in [0.717, 1.165) is 36.1 Å². The zero-order valence-corrected chi connectivity index (χ0v) is 19.4. The number of halogens is 3. The number of nitrogens with one attached hydrogen (secondary N) is 1. The van der Waals surface area contributed by atoms with Gasteiger partial charge in [-0.15, -0.1) is 0 Å². The Kier molecular flexibility index (Phi) is 5.82. The Balaban J connectivity index is 1.35. The monoisotopic (exact) mass is 482 g/mol. The molecule has 1 aliphatic heterocycles. The summed E-state index contributed by atoms with van der Waals surface area (Å²) < 4.78 is 40.2. The number of carbonyl (C=O) groups excluding carboxylic acids is 1. The first kappa shape index (κ1) is 23.1. The average molecular weight is 483 g/mol. The van der Waals surface area contributed by atoms with Gasteiger partial charge < -0.3 is 9.88 Å². The molecule has 1 saturated heterocycles. The van der Waals surface area contributed by atoms with Crippen LogP contribution >= 0.6 is 0 Å². The van der Waals surface area contributed by atoms with Crippen LogP contribution in [0.4, 0.5) is 13.2 Å². The largest absolute Gasteiger partial charge is 0.417 e. The lowest BCUT2D eigenvalue weighted by Crippen LogP contribution is -2.38. The van der Waals surface area contributed by atoms with Gasteiger partial charge in [0.2, 0.25) is 0 Å². The van der Waals surface area contributed by atoms with Gasteiger partial charge in [0.25, 0.3) is 5.91 Å². The predicted octanol–water partition coefficient (Wildman–Crippen LogP) is 5.31. The molecule has 182 valence electrons. The zero-order valence-electron chi connectivity index (χ0n) is 19.4. The summed E-state index contributed by atoms with van der Waals surface area (Å²) in [5, 5.41) is 5.43. The Morgan fingerprint density at radius 3 is 2.54 bits per heavy atom. The van der Waals surface area contributed by atoms with Crippen LogP contribution in [-0.2, 0) is 6.18 Å². The molecular weight excluding hydrogens is 457 g/mol. The lowest BCUT2D eigenvalue weighted by Gasteiger charge is -2.32. The van der Waals surface area contributed by atoms with Gasteiger partial charge in [0, 0.05) is 37.1 Å². The summed E-state index contributed by atoms with van der Waals surface area (Å²) in [5.74, 6) is 0.371. The van der Waals surface area contributed by atoms with Gasteiger partial charge in [-0.25, -0.2) is 14.6 Å². The van der Waals surface area contributed by atoms with E-state index in [4.69, 9.17) is 0 Å². The van der Waals surface area contributed by atoms with Crippen LogP contribution in [-0.4, -0.2) is 48.6 Å². The highest BCUT2D eigenvalue weighted by Gasteiger charge is 2.32. The molecule has 7 nitrogen and oxygen atoms in total. The highest BCUT2D eigenvalue weighted by atomic mass is 19.4. The van der Waals surface area contributed by atoms with Gasteiger partial charge in [-0.1, -0.05) is 13.8 Å². The Hall–Kier alpha value is -3.69. The van der Waals surface area contributed by atoms with Gasteiger partial charge >= 0.3 is 6.18 Å². The minimum Gasteiger partial charge on any atom is -0.346 e. The van der Waals surface area contributed by atoms with Crippen molar-refractivity contribution >= 4 is 16.9 Å². The van der Waals surface area contributed by atoms with Crippen LogP contribution in [0.3, 0.4) is 0 Å². The molecule has 0 radical (unpaired) electrons. The first-order chi connectivity index (χ1) is 16.7.